The van der Waals surface area contributed by atoms with Crippen molar-refractivity contribution in [1.29, 1.82) is 0 Å². The van der Waals surface area contributed by atoms with Crippen LogP contribution in [0.15, 0.2) is 24.3 Å². The summed E-state index contributed by atoms with van der Waals surface area (Å²) in [5.74, 6) is 1.01. The van der Waals surface area contributed by atoms with Crippen LogP contribution in [-0.2, 0) is 4.79 Å². The predicted octanol–water partition coefficient (Wildman–Crippen LogP) is 2.54. The number of hydrogen-bond donors (Lipinski definition) is 2. The van der Waals surface area contributed by atoms with Crippen LogP contribution in [0.2, 0.25) is 0 Å². The fraction of sp³-hybridized carbons (Fsp3) is 0.533. The molecule has 0 saturated heterocycles. The summed E-state index contributed by atoms with van der Waals surface area (Å²) < 4.78 is 5.21. The van der Waals surface area contributed by atoms with Crippen molar-refractivity contribution >= 4 is 11.6 Å². The fourth-order valence-corrected chi connectivity index (χ4v) is 2.48. The van der Waals surface area contributed by atoms with E-state index >= 15 is 0 Å². The molecule has 0 radical (unpaired) electrons. The number of primary amides is 1. The first-order valence-electron chi connectivity index (χ1n) is 6.99. The number of carbonyl (C=O) groups excluding carboxylic acids is 1. The Labute approximate surface area is 114 Å². The summed E-state index contributed by atoms with van der Waals surface area (Å²) in [6, 6.07) is 7.65. The van der Waals surface area contributed by atoms with Crippen LogP contribution in [-0.4, -0.2) is 19.1 Å². The van der Waals surface area contributed by atoms with Crippen molar-refractivity contribution in [3.05, 3.63) is 24.3 Å². The lowest BCUT2D eigenvalue weighted by Crippen LogP contribution is -2.20. The maximum atomic E-state index is 10.6. The summed E-state index contributed by atoms with van der Waals surface area (Å²) >= 11 is 0. The fourth-order valence-electron chi connectivity index (χ4n) is 2.48. The standard InChI is InChI=1S/C15H22N2O2/c16-15(18)11-19-14-8-6-13(7-9-14)17-10-12-4-2-1-3-5-12/h6-9,12,17H,1-5,10-11H2,(H2,16,18). The smallest absolute Gasteiger partial charge is 0.255 e. The Balaban J connectivity index is 1.76. The minimum absolute atomic E-state index is 0.0746. The lowest BCUT2D eigenvalue weighted by Gasteiger charge is -2.22. The predicted molar refractivity (Wildman–Crippen MR) is 76.2 cm³/mol. The van der Waals surface area contributed by atoms with Crippen LogP contribution in [0.1, 0.15) is 32.1 Å². The SMILES string of the molecule is NC(=O)COc1ccc(NCC2CCCCC2)cc1. The third-order valence-corrected chi connectivity index (χ3v) is 3.56. The maximum absolute atomic E-state index is 10.6. The summed E-state index contributed by atoms with van der Waals surface area (Å²) in [6.45, 7) is 0.969. The molecule has 0 heterocycles. The second-order valence-electron chi connectivity index (χ2n) is 5.16. The van der Waals surface area contributed by atoms with E-state index in [-0.39, 0.29) is 6.61 Å². The Hall–Kier alpha value is -1.71. The van der Waals surface area contributed by atoms with Gasteiger partial charge in [-0.05, 0) is 43.0 Å². The molecule has 0 aliphatic heterocycles. The molecular weight excluding hydrogens is 240 g/mol. The Morgan fingerprint density at radius 1 is 1.21 bits per heavy atom. The summed E-state index contributed by atoms with van der Waals surface area (Å²) in [4.78, 5) is 10.6. The molecule has 104 valence electrons. The van der Waals surface area contributed by atoms with Gasteiger partial charge in [0.05, 0.1) is 0 Å². The molecule has 1 saturated carbocycles. The second-order valence-corrected chi connectivity index (χ2v) is 5.16. The van der Waals surface area contributed by atoms with Crippen molar-refractivity contribution in [1.82, 2.24) is 0 Å². The minimum atomic E-state index is -0.459. The summed E-state index contributed by atoms with van der Waals surface area (Å²) in [5.41, 5.74) is 6.12. The maximum Gasteiger partial charge on any atom is 0.255 e. The van der Waals surface area contributed by atoms with Crippen molar-refractivity contribution < 1.29 is 9.53 Å². The van der Waals surface area contributed by atoms with Crippen LogP contribution >= 0.6 is 0 Å². The van der Waals surface area contributed by atoms with E-state index in [0.29, 0.717) is 5.75 Å². The van der Waals surface area contributed by atoms with Crippen LogP contribution in [0.3, 0.4) is 0 Å². The number of carbonyl (C=O) groups is 1. The van der Waals surface area contributed by atoms with E-state index < -0.39 is 5.91 Å². The largest absolute Gasteiger partial charge is 0.484 e. The van der Waals surface area contributed by atoms with Gasteiger partial charge in [0.1, 0.15) is 5.75 Å². The summed E-state index contributed by atoms with van der Waals surface area (Å²) in [6.07, 6.45) is 6.81. The van der Waals surface area contributed by atoms with E-state index in [1.807, 2.05) is 24.3 Å². The van der Waals surface area contributed by atoms with Gasteiger partial charge < -0.3 is 15.8 Å². The molecule has 1 aliphatic rings. The third-order valence-electron chi connectivity index (χ3n) is 3.56. The normalized spacial score (nSPS) is 16.0. The molecule has 1 aliphatic carbocycles. The number of benzene rings is 1. The highest BCUT2D eigenvalue weighted by molar-refractivity contribution is 5.75. The van der Waals surface area contributed by atoms with Crippen molar-refractivity contribution in [3.8, 4) is 5.75 Å². The number of hydrogen-bond acceptors (Lipinski definition) is 3. The molecule has 2 rings (SSSR count). The van der Waals surface area contributed by atoms with Gasteiger partial charge in [-0.2, -0.15) is 0 Å². The van der Waals surface area contributed by atoms with Gasteiger partial charge in [0.15, 0.2) is 6.61 Å². The lowest BCUT2D eigenvalue weighted by atomic mass is 9.89. The Morgan fingerprint density at radius 2 is 1.89 bits per heavy atom. The van der Waals surface area contributed by atoms with Gasteiger partial charge >= 0.3 is 0 Å². The zero-order valence-electron chi connectivity index (χ0n) is 11.2. The molecule has 1 aromatic rings. The molecule has 1 fully saturated rings. The van der Waals surface area contributed by atoms with E-state index in [1.165, 1.54) is 32.1 Å². The quantitative estimate of drug-likeness (QED) is 0.828. The average molecular weight is 262 g/mol. The highest BCUT2D eigenvalue weighted by Crippen LogP contribution is 2.24. The number of amides is 1. The minimum Gasteiger partial charge on any atom is -0.484 e. The highest BCUT2D eigenvalue weighted by atomic mass is 16.5. The molecule has 1 aromatic carbocycles. The van der Waals surface area contributed by atoms with Crippen molar-refractivity contribution in [2.45, 2.75) is 32.1 Å². The van der Waals surface area contributed by atoms with Crippen molar-refractivity contribution in [2.24, 2.45) is 11.7 Å². The van der Waals surface area contributed by atoms with Gasteiger partial charge in [-0.1, -0.05) is 19.3 Å². The highest BCUT2D eigenvalue weighted by Gasteiger charge is 2.12. The Kier molecular flexibility index (Phi) is 5.07. The monoisotopic (exact) mass is 262 g/mol. The van der Waals surface area contributed by atoms with Crippen LogP contribution in [0.4, 0.5) is 5.69 Å². The number of ether oxygens (including phenoxy) is 1. The number of nitrogens with two attached hydrogens (primary N) is 1. The zero-order chi connectivity index (χ0) is 13.5. The molecule has 4 nitrogen and oxygen atoms in total. The molecule has 0 spiro atoms. The number of anilines is 1. The van der Waals surface area contributed by atoms with Crippen LogP contribution in [0.5, 0.6) is 5.75 Å². The van der Waals surface area contributed by atoms with Gasteiger partial charge in [-0.3, -0.25) is 4.79 Å². The first-order valence-corrected chi connectivity index (χ1v) is 6.99. The molecule has 19 heavy (non-hydrogen) atoms. The van der Waals surface area contributed by atoms with E-state index in [9.17, 15) is 4.79 Å². The third kappa shape index (κ3) is 4.81. The van der Waals surface area contributed by atoms with Gasteiger partial charge in [-0.15, -0.1) is 0 Å². The summed E-state index contributed by atoms with van der Waals surface area (Å²) in [5, 5.41) is 3.46. The van der Waals surface area contributed by atoms with Gasteiger partial charge in [0.25, 0.3) is 5.91 Å². The molecule has 4 heteroatoms. The Morgan fingerprint density at radius 3 is 2.53 bits per heavy atom. The second kappa shape index (κ2) is 7.02. The lowest BCUT2D eigenvalue weighted by molar-refractivity contribution is -0.119. The molecule has 0 atom stereocenters. The first-order chi connectivity index (χ1) is 9.24. The first kappa shape index (κ1) is 13.7. The molecule has 0 bridgehead atoms. The zero-order valence-corrected chi connectivity index (χ0v) is 11.2. The van der Waals surface area contributed by atoms with Crippen molar-refractivity contribution in [2.75, 3.05) is 18.5 Å². The van der Waals surface area contributed by atoms with Gasteiger partial charge in [0.2, 0.25) is 0 Å². The molecule has 0 unspecified atom stereocenters. The average Bonchev–Trinajstić information content (AvgIpc) is 2.45. The van der Waals surface area contributed by atoms with Gasteiger partial charge in [-0.25, -0.2) is 0 Å². The van der Waals surface area contributed by atoms with E-state index in [1.54, 1.807) is 0 Å². The van der Waals surface area contributed by atoms with Crippen LogP contribution < -0.4 is 15.8 Å². The topological polar surface area (TPSA) is 64.4 Å². The van der Waals surface area contributed by atoms with Crippen molar-refractivity contribution in [3.63, 3.8) is 0 Å². The number of rotatable bonds is 6. The molecule has 3 N–H and O–H groups in total. The van der Waals surface area contributed by atoms with Crippen LogP contribution in [0.25, 0.3) is 0 Å². The molecule has 1 amide bonds. The molecular formula is C15H22N2O2. The Bertz CT molecular complexity index is 397. The van der Waals surface area contributed by atoms with E-state index in [0.717, 1.165) is 18.2 Å². The van der Waals surface area contributed by atoms with E-state index in [4.69, 9.17) is 10.5 Å². The summed E-state index contributed by atoms with van der Waals surface area (Å²) in [7, 11) is 0. The van der Waals surface area contributed by atoms with Gasteiger partial charge in [0, 0.05) is 12.2 Å². The van der Waals surface area contributed by atoms with E-state index in [2.05, 4.69) is 5.32 Å². The van der Waals surface area contributed by atoms with Crippen LogP contribution in [0, 0.1) is 5.92 Å². The number of nitrogens with one attached hydrogen (secondary N) is 1. The molecule has 0 aromatic heterocycles.